The zero-order chi connectivity index (χ0) is 20.9. The molecule has 0 bridgehead atoms. The number of hydrogen-bond acceptors (Lipinski definition) is 5. The Morgan fingerprint density at radius 1 is 1.17 bits per heavy atom. The lowest BCUT2D eigenvalue weighted by Gasteiger charge is -2.31. The zero-order valence-electron chi connectivity index (χ0n) is 16.4. The summed E-state index contributed by atoms with van der Waals surface area (Å²) >= 11 is 0. The molecule has 0 spiro atoms. The fraction of sp³-hybridized carbons (Fsp3) is 0.318. The van der Waals surface area contributed by atoms with Gasteiger partial charge in [0, 0.05) is 18.0 Å². The second-order valence-corrected chi connectivity index (χ2v) is 7.35. The van der Waals surface area contributed by atoms with E-state index in [0.717, 1.165) is 31.4 Å². The number of amides is 1. The fourth-order valence-corrected chi connectivity index (χ4v) is 3.75. The molecule has 3 aromatic rings. The van der Waals surface area contributed by atoms with Crippen LogP contribution in [0.3, 0.4) is 0 Å². The lowest BCUT2D eigenvalue weighted by Crippen LogP contribution is -2.38. The second-order valence-electron chi connectivity index (χ2n) is 7.35. The summed E-state index contributed by atoms with van der Waals surface area (Å²) in [6.45, 7) is 2.39. The first-order chi connectivity index (χ1) is 14.6. The van der Waals surface area contributed by atoms with Gasteiger partial charge in [-0.15, -0.1) is 0 Å². The SMILES string of the molecule is O=C(Nc1cccc2[nH]cnc12)OCCN1CCC(C(=O)c2ccc(F)cc2)CC1. The maximum atomic E-state index is 13.0. The van der Waals surface area contributed by atoms with Gasteiger partial charge in [0.25, 0.3) is 0 Å². The Hall–Kier alpha value is -3.26. The number of carbonyl (C=O) groups excluding carboxylic acids is 2. The van der Waals surface area contributed by atoms with E-state index in [2.05, 4.69) is 20.2 Å². The highest BCUT2D eigenvalue weighted by atomic mass is 19.1. The van der Waals surface area contributed by atoms with Gasteiger partial charge in [0.05, 0.1) is 17.5 Å². The molecule has 1 saturated heterocycles. The number of benzene rings is 2. The first-order valence-electron chi connectivity index (χ1n) is 9.98. The van der Waals surface area contributed by atoms with Crippen LogP contribution in [0.4, 0.5) is 14.9 Å². The summed E-state index contributed by atoms with van der Waals surface area (Å²) in [4.78, 5) is 34.0. The highest BCUT2D eigenvalue weighted by molar-refractivity contribution is 5.98. The highest BCUT2D eigenvalue weighted by Gasteiger charge is 2.25. The summed E-state index contributed by atoms with van der Waals surface area (Å²) in [5.41, 5.74) is 2.67. The number of hydrogen-bond donors (Lipinski definition) is 2. The molecule has 8 heteroatoms. The van der Waals surface area contributed by atoms with E-state index in [4.69, 9.17) is 4.74 Å². The van der Waals surface area contributed by atoms with E-state index in [1.165, 1.54) is 12.1 Å². The first-order valence-corrected chi connectivity index (χ1v) is 9.98. The topological polar surface area (TPSA) is 87.3 Å². The standard InChI is InChI=1S/C22H23FN4O3/c23-17-6-4-15(5-7-17)21(28)16-8-10-27(11-9-16)12-13-30-22(29)26-19-3-1-2-18-20(19)25-14-24-18/h1-7,14,16H,8-13H2,(H,24,25)(H,26,29). The van der Waals surface area contributed by atoms with Crippen LogP contribution in [0.1, 0.15) is 23.2 Å². The average molecular weight is 410 g/mol. The molecule has 30 heavy (non-hydrogen) atoms. The van der Waals surface area contributed by atoms with Gasteiger partial charge in [0.2, 0.25) is 0 Å². The van der Waals surface area contributed by atoms with E-state index in [-0.39, 0.29) is 24.1 Å². The predicted molar refractivity (Wildman–Crippen MR) is 111 cm³/mol. The van der Waals surface area contributed by atoms with Crippen LogP contribution in [0.2, 0.25) is 0 Å². The molecule has 2 N–H and O–H groups in total. The molecule has 156 valence electrons. The van der Waals surface area contributed by atoms with Crippen molar-refractivity contribution in [3.05, 3.63) is 60.2 Å². The van der Waals surface area contributed by atoms with E-state index in [9.17, 15) is 14.0 Å². The monoisotopic (exact) mass is 410 g/mol. The van der Waals surface area contributed by atoms with Crippen molar-refractivity contribution in [3.8, 4) is 0 Å². The molecule has 1 amide bonds. The maximum absolute atomic E-state index is 13.0. The van der Waals surface area contributed by atoms with Crippen LogP contribution < -0.4 is 5.32 Å². The van der Waals surface area contributed by atoms with Crippen LogP contribution in [0.25, 0.3) is 11.0 Å². The Balaban J connectivity index is 1.19. The molecule has 7 nitrogen and oxygen atoms in total. The minimum Gasteiger partial charge on any atom is -0.448 e. The molecule has 0 atom stereocenters. The van der Waals surface area contributed by atoms with Crippen molar-refractivity contribution in [1.82, 2.24) is 14.9 Å². The zero-order valence-corrected chi connectivity index (χ0v) is 16.4. The van der Waals surface area contributed by atoms with Crippen molar-refractivity contribution in [2.45, 2.75) is 12.8 Å². The Bertz CT molecular complexity index is 1030. The van der Waals surface area contributed by atoms with Gasteiger partial charge in [-0.25, -0.2) is 14.2 Å². The third-order valence-corrected chi connectivity index (χ3v) is 5.41. The number of anilines is 1. The van der Waals surface area contributed by atoms with Crippen molar-refractivity contribution in [3.63, 3.8) is 0 Å². The summed E-state index contributed by atoms with van der Waals surface area (Å²) in [7, 11) is 0. The largest absolute Gasteiger partial charge is 0.448 e. The number of nitrogens with one attached hydrogen (secondary N) is 2. The van der Waals surface area contributed by atoms with Crippen molar-refractivity contribution in [2.24, 2.45) is 5.92 Å². The molecule has 2 aromatic carbocycles. The van der Waals surface area contributed by atoms with Crippen molar-refractivity contribution in [1.29, 1.82) is 0 Å². The minimum absolute atomic E-state index is 0.0507. The number of Topliss-reactive ketones (excluding diaryl/α,β-unsaturated/α-hetero) is 1. The third kappa shape index (κ3) is 4.65. The lowest BCUT2D eigenvalue weighted by molar-refractivity contribution is 0.0813. The number of rotatable bonds is 6. The number of ether oxygens (including phenoxy) is 1. The van der Waals surface area contributed by atoms with Crippen LogP contribution in [0.15, 0.2) is 48.8 Å². The number of piperidine rings is 1. The van der Waals surface area contributed by atoms with Gasteiger partial charge in [-0.05, 0) is 62.3 Å². The summed E-state index contributed by atoms with van der Waals surface area (Å²) in [5, 5.41) is 2.72. The number of aromatic nitrogens is 2. The van der Waals surface area contributed by atoms with Gasteiger partial charge in [0.1, 0.15) is 17.9 Å². The van der Waals surface area contributed by atoms with E-state index >= 15 is 0 Å². The van der Waals surface area contributed by atoms with Crippen LogP contribution in [-0.2, 0) is 4.74 Å². The molecule has 0 unspecified atom stereocenters. The van der Waals surface area contributed by atoms with Crippen LogP contribution in [-0.4, -0.2) is 53.0 Å². The van der Waals surface area contributed by atoms with Gasteiger partial charge in [-0.2, -0.15) is 0 Å². The normalized spacial score (nSPS) is 15.2. The molecule has 1 aliphatic heterocycles. The van der Waals surface area contributed by atoms with E-state index in [1.807, 2.05) is 12.1 Å². The Labute approximate surface area is 173 Å². The van der Waals surface area contributed by atoms with E-state index in [0.29, 0.717) is 23.3 Å². The molecule has 1 aromatic heterocycles. The molecule has 1 fully saturated rings. The fourth-order valence-electron chi connectivity index (χ4n) is 3.75. The Morgan fingerprint density at radius 3 is 2.70 bits per heavy atom. The maximum Gasteiger partial charge on any atom is 0.411 e. The van der Waals surface area contributed by atoms with Gasteiger partial charge < -0.3 is 9.72 Å². The number of aromatic amines is 1. The van der Waals surface area contributed by atoms with E-state index < -0.39 is 6.09 Å². The molecule has 1 aliphatic rings. The number of carbonyl (C=O) groups is 2. The van der Waals surface area contributed by atoms with Gasteiger partial charge in [-0.1, -0.05) is 6.07 Å². The number of nitrogens with zero attached hydrogens (tertiary/aromatic N) is 2. The van der Waals surface area contributed by atoms with Crippen LogP contribution in [0.5, 0.6) is 0 Å². The lowest BCUT2D eigenvalue weighted by atomic mass is 9.89. The summed E-state index contributed by atoms with van der Waals surface area (Å²) in [5.74, 6) is -0.325. The molecule has 4 rings (SSSR count). The Morgan fingerprint density at radius 2 is 1.93 bits per heavy atom. The molecule has 0 saturated carbocycles. The predicted octanol–water partition coefficient (Wildman–Crippen LogP) is 3.85. The highest BCUT2D eigenvalue weighted by Crippen LogP contribution is 2.22. The second kappa shape index (κ2) is 9.04. The number of imidazole rings is 1. The Kier molecular flexibility index (Phi) is 6.04. The summed E-state index contributed by atoms with van der Waals surface area (Å²) < 4.78 is 18.3. The molecular weight excluding hydrogens is 387 g/mol. The van der Waals surface area contributed by atoms with Gasteiger partial charge >= 0.3 is 6.09 Å². The van der Waals surface area contributed by atoms with Gasteiger partial charge in [-0.3, -0.25) is 15.0 Å². The number of fused-ring (bicyclic) bond motifs is 1. The first kappa shape index (κ1) is 20.0. The van der Waals surface area contributed by atoms with Crippen LogP contribution >= 0.6 is 0 Å². The van der Waals surface area contributed by atoms with E-state index in [1.54, 1.807) is 24.5 Å². The summed E-state index contributed by atoms with van der Waals surface area (Å²) in [6, 6.07) is 11.2. The molecule has 0 aliphatic carbocycles. The van der Waals surface area contributed by atoms with Crippen LogP contribution in [0, 0.1) is 11.7 Å². The quantitative estimate of drug-likeness (QED) is 0.603. The number of para-hydroxylation sites is 1. The molecule has 0 radical (unpaired) electrons. The van der Waals surface area contributed by atoms with Crippen molar-refractivity contribution >= 4 is 28.6 Å². The number of H-pyrrole nitrogens is 1. The number of halogens is 1. The average Bonchev–Trinajstić information content (AvgIpc) is 3.24. The minimum atomic E-state index is -0.521. The summed E-state index contributed by atoms with van der Waals surface area (Å²) in [6.07, 6.45) is 2.53. The van der Waals surface area contributed by atoms with Gasteiger partial charge in [0.15, 0.2) is 5.78 Å². The number of likely N-dealkylation sites (tertiary alicyclic amines) is 1. The van der Waals surface area contributed by atoms with Crippen molar-refractivity contribution in [2.75, 3.05) is 31.6 Å². The smallest absolute Gasteiger partial charge is 0.411 e. The molecular formula is C22H23FN4O3. The number of ketones is 1. The van der Waals surface area contributed by atoms with Crippen molar-refractivity contribution < 1.29 is 18.7 Å². The molecule has 2 heterocycles. The third-order valence-electron chi connectivity index (χ3n) is 5.41.